The van der Waals surface area contributed by atoms with Crippen molar-refractivity contribution in [1.82, 2.24) is 4.57 Å². The van der Waals surface area contributed by atoms with Crippen LogP contribution in [0.1, 0.15) is 45.5 Å². The van der Waals surface area contributed by atoms with Crippen molar-refractivity contribution >= 4 is 46.3 Å². The first kappa shape index (κ1) is 25.2. The number of nitrogen functional groups attached to an aromatic ring is 1. The number of ether oxygens (including phenoxy) is 2. The maximum Gasteiger partial charge on any atom is 0.357 e. The number of halogens is 2. The number of thioether (sulfide) groups is 1. The van der Waals surface area contributed by atoms with Gasteiger partial charge in [-0.1, -0.05) is 36.0 Å². The van der Waals surface area contributed by atoms with E-state index in [1.54, 1.807) is 19.9 Å². The Morgan fingerprint density at radius 3 is 2.11 bits per heavy atom. The summed E-state index contributed by atoms with van der Waals surface area (Å²) in [7, 11) is 0. The van der Waals surface area contributed by atoms with E-state index in [1.807, 2.05) is 0 Å². The maximum absolute atomic E-state index is 13.8. The van der Waals surface area contributed by atoms with E-state index in [1.165, 1.54) is 48.5 Å². The monoisotopic (exact) mass is 512 g/mol. The van der Waals surface area contributed by atoms with Crippen molar-refractivity contribution in [3.05, 3.63) is 87.6 Å². The van der Waals surface area contributed by atoms with Gasteiger partial charge in [0.15, 0.2) is 5.69 Å². The van der Waals surface area contributed by atoms with Gasteiger partial charge in [0.1, 0.15) is 21.8 Å². The lowest BCUT2D eigenvalue weighted by Crippen LogP contribution is -2.42. The number of hydrogen-bond acceptors (Lipinski definition) is 7. The van der Waals surface area contributed by atoms with Gasteiger partial charge in [0.25, 0.3) is 0 Å². The van der Waals surface area contributed by atoms with Crippen molar-refractivity contribution in [3.63, 3.8) is 0 Å². The Morgan fingerprint density at radius 2 is 1.53 bits per heavy atom. The third-order valence-corrected chi connectivity index (χ3v) is 6.73. The quantitative estimate of drug-likeness (QED) is 0.507. The number of benzene rings is 2. The van der Waals surface area contributed by atoms with Gasteiger partial charge in [-0.2, -0.15) is 0 Å². The van der Waals surface area contributed by atoms with Crippen LogP contribution in [0.3, 0.4) is 0 Å². The van der Waals surface area contributed by atoms with E-state index in [2.05, 4.69) is 0 Å². The minimum atomic E-state index is -0.990. The van der Waals surface area contributed by atoms with Crippen LogP contribution in [0.4, 0.5) is 14.5 Å². The van der Waals surface area contributed by atoms with Crippen molar-refractivity contribution in [1.29, 1.82) is 0 Å². The highest BCUT2D eigenvalue weighted by molar-refractivity contribution is 8.10. The maximum atomic E-state index is 13.8. The molecule has 10 heteroatoms. The van der Waals surface area contributed by atoms with Crippen LogP contribution in [0.5, 0.6) is 0 Å². The molecule has 3 aromatic rings. The molecule has 186 valence electrons. The molecule has 0 amide bonds. The SMILES string of the molecule is CCOC(=O)C1=c2/c(=C/c3ccc(F)cc3)c(N)c(C(=O)OCC)n2C(=O)[C@@H](c2ccc(F)cc2)S1. The molecule has 0 saturated heterocycles. The number of nitrogens with zero attached hydrogens (tertiary/aromatic N) is 1. The molecule has 2 heterocycles. The van der Waals surface area contributed by atoms with Crippen molar-refractivity contribution in [3.8, 4) is 0 Å². The highest BCUT2D eigenvalue weighted by Gasteiger charge is 2.38. The molecule has 0 spiro atoms. The van der Waals surface area contributed by atoms with Gasteiger partial charge in [-0.15, -0.1) is 0 Å². The second kappa shape index (κ2) is 10.4. The van der Waals surface area contributed by atoms with Crippen LogP contribution in [-0.2, 0) is 14.3 Å². The second-order valence-corrected chi connectivity index (χ2v) is 8.83. The van der Waals surface area contributed by atoms with Gasteiger partial charge in [-0.3, -0.25) is 9.36 Å². The van der Waals surface area contributed by atoms with E-state index >= 15 is 0 Å². The van der Waals surface area contributed by atoms with Crippen molar-refractivity contribution in [2.45, 2.75) is 19.1 Å². The number of rotatable bonds is 6. The molecule has 1 aliphatic rings. The predicted octanol–water partition coefficient (Wildman–Crippen LogP) is 3.15. The molecule has 0 saturated carbocycles. The summed E-state index contributed by atoms with van der Waals surface area (Å²) in [6.45, 7) is 3.33. The summed E-state index contributed by atoms with van der Waals surface area (Å²) in [6, 6.07) is 10.7. The average Bonchev–Trinajstić information content (AvgIpc) is 3.14. The zero-order chi connectivity index (χ0) is 26.0. The molecule has 0 aliphatic carbocycles. The zero-order valence-corrected chi connectivity index (χ0v) is 20.2. The summed E-state index contributed by atoms with van der Waals surface area (Å²) in [5.41, 5.74) is 7.02. The first-order valence-electron chi connectivity index (χ1n) is 11.1. The van der Waals surface area contributed by atoms with E-state index in [4.69, 9.17) is 15.2 Å². The number of nitrogens with two attached hydrogens (primary N) is 1. The predicted molar refractivity (Wildman–Crippen MR) is 131 cm³/mol. The molecule has 0 fully saturated rings. The number of esters is 2. The standard InChI is InChI=1S/C26H22F2N2O5S/c1-3-34-25(32)21-19(29)18(13-14-5-9-16(27)10-6-14)20-23(26(33)35-4-2)36-22(24(31)30(20)21)15-7-11-17(28)12-8-15/h5-13,22H,3-4,29H2,1-2H3/b18-13+/t22-/m1/s1. The fourth-order valence-electron chi connectivity index (χ4n) is 3.86. The van der Waals surface area contributed by atoms with Crippen LogP contribution in [-0.4, -0.2) is 35.6 Å². The lowest BCUT2D eigenvalue weighted by Gasteiger charge is -2.23. The van der Waals surface area contributed by atoms with Crippen LogP contribution in [0, 0.1) is 11.6 Å². The molecule has 0 unspecified atom stereocenters. The van der Waals surface area contributed by atoms with Gasteiger partial charge in [0.05, 0.1) is 24.3 Å². The number of aromatic nitrogens is 1. The zero-order valence-electron chi connectivity index (χ0n) is 19.4. The molecule has 1 aliphatic heterocycles. The van der Waals surface area contributed by atoms with E-state index in [9.17, 15) is 23.2 Å². The van der Waals surface area contributed by atoms with Gasteiger partial charge in [-0.05, 0) is 55.3 Å². The number of anilines is 1. The number of hydrogen-bond donors (Lipinski definition) is 1. The fraction of sp³-hybridized carbons (Fsp3) is 0.192. The molecular formula is C26H22F2N2O5S. The van der Waals surface area contributed by atoms with Gasteiger partial charge in [0, 0.05) is 5.22 Å². The van der Waals surface area contributed by atoms with E-state index in [0.29, 0.717) is 11.1 Å². The minimum Gasteiger partial charge on any atom is -0.462 e. The number of carbonyl (C=O) groups is 3. The molecule has 4 rings (SSSR count). The minimum absolute atomic E-state index is 0.0224. The summed E-state index contributed by atoms with van der Waals surface area (Å²) < 4.78 is 38.5. The Morgan fingerprint density at radius 1 is 0.972 bits per heavy atom. The topological polar surface area (TPSA) is 101 Å². The fourth-order valence-corrected chi connectivity index (χ4v) is 5.06. The van der Waals surface area contributed by atoms with Crippen molar-refractivity contribution < 1.29 is 32.6 Å². The molecule has 1 aromatic heterocycles. The van der Waals surface area contributed by atoms with Gasteiger partial charge in [-0.25, -0.2) is 18.4 Å². The highest BCUT2D eigenvalue weighted by atomic mass is 32.2. The average molecular weight is 513 g/mol. The number of carbonyl (C=O) groups excluding carboxylic acids is 3. The third-order valence-electron chi connectivity index (χ3n) is 5.43. The van der Waals surface area contributed by atoms with Crippen molar-refractivity contribution in [2.75, 3.05) is 18.9 Å². The molecule has 1 atom stereocenters. The summed E-state index contributed by atoms with van der Waals surface area (Å²) in [4.78, 5) is 39.9. The van der Waals surface area contributed by atoms with Crippen LogP contribution in [0.25, 0.3) is 11.0 Å². The lowest BCUT2D eigenvalue weighted by atomic mass is 10.1. The third kappa shape index (κ3) is 4.64. The summed E-state index contributed by atoms with van der Waals surface area (Å²) >= 11 is 0.925. The number of fused-ring (bicyclic) bond motifs is 1. The Kier molecular flexibility index (Phi) is 7.25. The molecule has 36 heavy (non-hydrogen) atoms. The first-order chi connectivity index (χ1) is 17.3. The lowest BCUT2D eigenvalue weighted by molar-refractivity contribution is -0.135. The Bertz CT molecular complexity index is 1460. The summed E-state index contributed by atoms with van der Waals surface area (Å²) in [5, 5.41) is -0.700. The first-order valence-corrected chi connectivity index (χ1v) is 12.0. The smallest absolute Gasteiger partial charge is 0.357 e. The molecule has 2 aromatic carbocycles. The molecule has 0 bridgehead atoms. The van der Waals surface area contributed by atoms with Gasteiger partial charge in [0.2, 0.25) is 5.91 Å². The van der Waals surface area contributed by atoms with Gasteiger partial charge < -0.3 is 15.2 Å². The Hall–Kier alpha value is -3.92. The van der Waals surface area contributed by atoms with E-state index in [0.717, 1.165) is 16.3 Å². The highest BCUT2D eigenvalue weighted by Crippen LogP contribution is 2.39. The van der Waals surface area contributed by atoms with Crippen LogP contribution in [0.15, 0.2) is 48.5 Å². The molecule has 2 N–H and O–H groups in total. The van der Waals surface area contributed by atoms with E-state index in [-0.39, 0.29) is 40.1 Å². The Labute approximate surface area is 209 Å². The Balaban J connectivity index is 2.08. The normalized spacial score (nSPS) is 15.6. The van der Waals surface area contributed by atoms with Gasteiger partial charge >= 0.3 is 11.9 Å². The summed E-state index contributed by atoms with van der Waals surface area (Å²) in [5.74, 6) is -3.07. The van der Waals surface area contributed by atoms with Crippen LogP contribution >= 0.6 is 11.8 Å². The second-order valence-electron chi connectivity index (χ2n) is 7.71. The van der Waals surface area contributed by atoms with E-state index < -0.39 is 34.7 Å². The largest absolute Gasteiger partial charge is 0.462 e. The molecule has 7 nitrogen and oxygen atoms in total. The summed E-state index contributed by atoms with van der Waals surface area (Å²) in [6.07, 6.45) is 1.55. The van der Waals surface area contributed by atoms with Crippen molar-refractivity contribution in [2.24, 2.45) is 0 Å². The molecule has 0 radical (unpaired) electrons. The van der Waals surface area contributed by atoms with Crippen LogP contribution < -0.4 is 16.3 Å². The molecular weight excluding hydrogens is 490 g/mol. The van der Waals surface area contributed by atoms with Crippen LogP contribution in [0.2, 0.25) is 0 Å².